The van der Waals surface area contributed by atoms with Crippen LogP contribution in [-0.4, -0.2) is 38.9 Å². The molecule has 0 bridgehead atoms. The van der Waals surface area contributed by atoms with Gasteiger partial charge in [0.15, 0.2) is 5.82 Å². The summed E-state index contributed by atoms with van der Waals surface area (Å²) in [5, 5.41) is 10.1. The predicted molar refractivity (Wildman–Crippen MR) is 109 cm³/mol. The summed E-state index contributed by atoms with van der Waals surface area (Å²) < 4.78 is 7.24. The highest BCUT2D eigenvalue weighted by Gasteiger charge is 2.22. The van der Waals surface area contributed by atoms with Gasteiger partial charge >= 0.3 is 5.69 Å². The van der Waals surface area contributed by atoms with Gasteiger partial charge < -0.3 is 15.0 Å². The number of fused-ring (bicyclic) bond motifs is 1. The first kappa shape index (κ1) is 18.2. The first-order valence-corrected chi connectivity index (χ1v) is 10.4. The number of aromatic amines is 2. The molecule has 1 amide bonds. The third-order valence-corrected chi connectivity index (χ3v) is 6.17. The van der Waals surface area contributed by atoms with Crippen LogP contribution in [0.4, 0.5) is 5.82 Å². The lowest BCUT2D eigenvalue weighted by atomic mass is 9.97. The van der Waals surface area contributed by atoms with Crippen molar-refractivity contribution in [1.29, 1.82) is 0 Å². The summed E-state index contributed by atoms with van der Waals surface area (Å²) >= 11 is 0. The average molecular weight is 395 g/mol. The van der Waals surface area contributed by atoms with E-state index < -0.39 is 0 Å². The minimum atomic E-state index is -0.244. The number of nitrogens with zero attached hydrogens (tertiary/aromatic N) is 2. The summed E-state index contributed by atoms with van der Waals surface area (Å²) in [4.78, 5) is 28.0. The van der Waals surface area contributed by atoms with E-state index in [0.717, 1.165) is 62.9 Å². The van der Waals surface area contributed by atoms with Crippen LogP contribution in [0.15, 0.2) is 29.1 Å². The van der Waals surface area contributed by atoms with Gasteiger partial charge in [0.1, 0.15) is 0 Å². The van der Waals surface area contributed by atoms with Crippen molar-refractivity contribution < 1.29 is 9.53 Å². The van der Waals surface area contributed by atoms with E-state index in [1.54, 1.807) is 12.1 Å². The Kier molecular flexibility index (Phi) is 4.71. The number of rotatable bonds is 4. The normalized spacial score (nSPS) is 18.5. The van der Waals surface area contributed by atoms with Gasteiger partial charge in [-0.15, -0.1) is 0 Å². The number of nitrogens with one attached hydrogen (secondary N) is 3. The minimum absolute atomic E-state index is 0.0992. The molecule has 0 unspecified atom stereocenters. The van der Waals surface area contributed by atoms with Crippen LogP contribution in [0.2, 0.25) is 0 Å². The number of anilines is 1. The van der Waals surface area contributed by atoms with Crippen LogP contribution in [0.1, 0.15) is 66.5 Å². The van der Waals surface area contributed by atoms with Gasteiger partial charge in [-0.1, -0.05) is 12.8 Å². The number of hydrogen-bond acceptors (Lipinski definition) is 4. The molecule has 2 fully saturated rings. The molecular weight excluding hydrogens is 370 g/mol. The summed E-state index contributed by atoms with van der Waals surface area (Å²) in [6.07, 6.45) is 6.29. The van der Waals surface area contributed by atoms with E-state index in [2.05, 4.69) is 20.5 Å². The molecule has 0 radical (unpaired) electrons. The van der Waals surface area contributed by atoms with Gasteiger partial charge in [-0.05, 0) is 43.9 Å². The first-order chi connectivity index (χ1) is 14.2. The van der Waals surface area contributed by atoms with E-state index >= 15 is 0 Å². The monoisotopic (exact) mass is 395 g/mol. The quantitative estimate of drug-likeness (QED) is 0.630. The molecule has 152 valence electrons. The molecule has 3 aromatic rings. The van der Waals surface area contributed by atoms with E-state index in [1.165, 1.54) is 0 Å². The second-order valence-corrected chi connectivity index (χ2v) is 8.02. The van der Waals surface area contributed by atoms with Crippen molar-refractivity contribution in [2.24, 2.45) is 0 Å². The maximum Gasteiger partial charge on any atom is 0.326 e. The van der Waals surface area contributed by atoms with Crippen molar-refractivity contribution in [2.75, 3.05) is 18.5 Å². The molecule has 1 aromatic carbocycles. The van der Waals surface area contributed by atoms with Crippen molar-refractivity contribution in [2.45, 2.75) is 50.5 Å². The molecule has 1 saturated carbocycles. The third-order valence-electron chi connectivity index (χ3n) is 6.17. The van der Waals surface area contributed by atoms with Gasteiger partial charge in [0, 0.05) is 42.5 Å². The number of carbonyl (C=O) groups is 1. The zero-order valence-electron chi connectivity index (χ0n) is 16.2. The molecule has 29 heavy (non-hydrogen) atoms. The highest BCUT2D eigenvalue weighted by molar-refractivity contribution is 6.05. The van der Waals surface area contributed by atoms with Gasteiger partial charge in [-0.3, -0.25) is 14.5 Å². The molecular formula is C21H25N5O3. The smallest absolute Gasteiger partial charge is 0.326 e. The largest absolute Gasteiger partial charge is 0.381 e. The molecule has 1 aliphatic carbocycles. The van der Waals surface area contributed by atoms with Crippen LogP contribution in [-0.2, 0) is 4.74 Å². The Labute approximate surface area is 167 Å². The highest BCUT2D eigenvalue weighted by Crippen LogP contribution is 2.31. The van der Waals surface area contributed by atoms with E-state index in [4.69, 9.17) is 4.74 Å². The number of imidazole rings is 1. The van der Waals surface area contributed by atoms with Crippen LogP contribution >= 0.6 is 0 Å². The molecule has 2 aliphatic rings. The number of H-pyrrole nitrogens is 2. The topological polar surface area (TPSA) is 105 Å². The second-order valence-electron chi connectivity index (χ2n) is 8.02. The van der Waals surface area contributed by atoms with E-state index in [0.29, 0.717) is 22.8 Å². The zero-order valence-corrected chi connectivity index (χ0v) is 16.2. The number of carbonyl (C=O) groups excluding carboxylic acids is 1. The van der Waals surface area contributed by atoms with Crippen molar-refractivity contribution in [3.8, 4) is 0 Å². The maximum absolute atomic E-state index is 12.7. The predicted octanol–water partition coefficient (Wildman–Crippen LogP) is 3.31. The van der Waals surface area contributed by atoms with Gasteiger partial charge in [0.05, 0.1) is 11.0 Å². The lowest BCUT2D eigenvalue weighted by molar-refractivity contribution is 0.0845. The Morgan fingerprint density at radius 1 is 1.14 bits per heavy atom. The fourth-order valence-corrected chi connectivity index (χ4v) is 4.60. The summed E-state index contributed by atoms with van der Waals surface area (Å²) in [6.45, 7) is 1.51. The highest BCUT2D eigenvalue weighted by atomic mass is 16.5. The molecule has 3 N–H and O–H groups in total. The van der Waals surface area contributed by atoms with Gasteiger partial charge in [0.25, 0.3) is 5.91 Å². The Morgan fingerprint density at radius 3 is 2.72 bits per heavy atom. The minimum Gasteiger partial charge on any atom is -0.381 e. The van der Waals surface area contributed by atoms with Crippen molar-refractivity contribution >= 4 is 22.8 Å². The van der Waals surface area contributed by atoms with Crippen molar-refractivity contribution in [3.05, 3.63) is 46.0 Å². The Balaban J connectivity index is 1.35. The zero-order chi connectivity index (χ0) is 19.8. The Hall–Kier alpha value is -2.87. The number of hydrogen-bond donors (Lipinski definition) is 3. The van der Waals surface area contributed by atoms with Crippen molar-refractivity contribution in [1.82, 2.24) is 19.7 Å². The molecule has 8 nitrogen and oxygen atoms in total. The SMILES string of the molecule is O=C(Nc1cc(C2CCOCC2)[nH]n1)c1ccc2c(c1)[nH]c(=O)n2C1CCCC1. The van der Waals surface area contributed by atoms with E-state index in [1.807, 2.05) is 16.7 Å². The molecule has 1 saturated heterocycles. The Bertz CT molecular complexity index is 1080. The molecule has 0 atom stereocenters. The third kappa shape index (κ3) is 3.48. The molecule has 1 aliphatic heterocycles. The van der Waals surface area contributed by atoms with Crippen LogP contribution in [0.5, 0.6) is 0 Å². The maximum atomic E-state index is 12.7. The number of benzene rings is 1. The second kappa shape index (κ2) is 7.51. The summed E-state index contributed by atoms with van der Waals surface area (Å²) in [5.74, 6) is 0.652. The van der Waals surface area contributed by atoms with Gasteiger partial charge in [-0.25, -0.2) is 4.79 Å². The van der Waals surface area contributed by atoms with Crippen LogP contribution in [0, 0.1) is 0 Å². The average Bonchev–Trinajstić information content (AvgIpc) is 3.47. The fraction of sp³-hybridized carbons (Fsp3) is 0.476. The standard InChI is InChI=1S/C21H25N5O3/c27-20(23-19-12-16(24-25-19)13-7-9-29-10-8-13)14-5-6-18-17(11-14)22-21(28)26(18)15-3-1-2-4-15/h5-6,11-13,15H,1-4,7-10H2,(H,22,28)(H2,23,24,25,27). The molecule has 3 heterocycles. The first-order valence-electron chi connectivity index (χ1n) is 10.4. The van der Waals surface area contributed by atoms with Crippen LogP contribution in [0.3, 0.4) is 0 Å². The van der Waals surface area contributed by atoms with Crippen LogP contribution in [0.25, 0.3) is 11.0 Å². The molecule has 2 aromatic heterocycles. The van der Waals surface area contributed by atoms with E-state index in [-0.39, 0.29) is 17.6 Å². The molecule has 5 rings (SSSR count). The van der Waals surface area contributed by atoms with Gasteiger partial charge in [-0.2, -0.15) is 5.10 Å². The number of aromatic nitrogens is 4. The number of ether oxygens (including phenoxy) is 1. The van der Waals surface area contributed by atoms with Crippen LogP contribution < -0.4 is 11.0 Å². The Morgan fingerprint density at radius 2 is 1.93 bits per heavy atom. The molecule has 0 spiro atoms. The number of amides is 1. The lowest BCUT2D eigenvalue weighted by Crippen LogP contribution is -2.20. The summed E-state index contributed by atoms with van der Waals surface area (Å²) in [6, 6.07) is 7.51. The summed E-state index contributed by atoms with van der Waals surface area (Å²) in [7, 11) is 0. The van der Waals surface area contributed by atoms with E-state index in [9.17, 15) is 9.59 Å². The fourth-order valence-electron chi connectivity index (χ4n) is 4.60. The van der Waals surface area contributed by atoms with Crippen molar-refractivity contribution in [3.63, 3.8) is 0 Å². The molecule has 8 heteroatoms. The lowest BCUT2D eigenvalue weighted by Gasteiger charge is -2.20. The summed E-state index contributed by atoms with van der Waals surface area (Å²) in [5.41, 5.74) is 2.97. The van der Waals surface area contributed by atoms with Gasteiger partial charge in [0.2, 0.25) is 0 Å².